The lowest BCUT2D eigenvalue weighted by atomic mass is 10.1. The summed E-state index contributed by atoms with van der Waals surface area (Å²) in [5.41, 5.74) is 0. The lowest BCUT2D eigenvalue weighted by molar-refractivity contribution is -0.870. The molecule has 2 unspecified atom stereocenters. The SMILES string of the molecule is CCC/C=C\C/C=C\CCCCCCCC(=O)OCC(COP(=O)([O-])OCC[N+](C)(C)C)OC(=O)CCCCCCC/C=C\C/C=C\CCC. The van der Waals surface area contributed by atoms with Crippen molar-refractivity contribution in [3.8, 4) is 0 Å². The third kappa shape index (κ3) is 35.8. The summed E-state index contributed by atoms with van der Waals surface area (Å²) in [6, 6.07) is 0. The first-order valence-corrected chi connectivity index (χ1v) is 20.8. The molecule has 10 heteroatoms. The van der Waals surface area contributed by atoms with Crippen molar-refractivity contribution in [2.24, 2.45) is 0 Å². The van der Waals surface area contributed by atoms with Gasteiger partial charge in [-0.05, 0) is 64.2 Å². The highest BCUT2D eigenvalue weighted by molar-refractivity contribution is 7.45. The smallest absolute Gasteiger partial charge is 0.306 e. The van der Waals surface area contributed by atoms with E-state index >= 15 is 0 Å². The molecule has 0 bridgehead atoms. The number of quaternary nitrogens is 1. The number of phosphoric ester groups is 1. The first-order valence-electron chi connectivity index (χ1n) is 19.3. The van der Waals surface area contributed by atoms with Crippen LogP contribution in [0.2, 0.25) is 0 Å². The van der Waals surface area contributed by atoms with E-state index in [1.165, 1.54) is 12.8 Å². The number of phosphoric acid groups is 1. The van der Waals surface area contributed by atoms with Crippen LogP contribution in [0.15, 0.2) is 48.6 Å². The minimum absolute atomic E-state index is 0.0379. The Morgan fingerprint density at radius 1 is 0.620 bits per heavy atom. The number of allylic oxidation sites excluding steroid dienone is 8. The number of carbonyl (C=O) groups is 2. The zero-order valence-corrected chi connectivity index (χ0v) is 33.2. The number of nitrogens with zero attached hydrogens (tertiary/aromatic N) is 1. The lowest BCUT2D eigenvalue weighted by Crippen LogP contribution is -2.37. The summed E-state index contributed by atoms with van der Waals surface area (Å²) >= 11 is 0. The normalized spacial score (nSPS) is 14.3. The van der Waals surface area contributed by atoms with Crippen LogP contribution in [-0.4, -0.2) is 70.0 Å². The zero-order valence-electron chi connectivity index (χ0n) is 32.3. The summed E-state index contributed by atoms with van der Waals surface area (Å²) in [6.07, 6.45) is 35.6. The van der Waals surface area contributed by atoms with Crippen LogP contribution in [0.25, 0.3) is 0 Å². The maximum absolute atomic E-state index is 12.6. The van der Waals surface area contributed by atoms with Gasteiger partial charge in [0.2, 0.25) is 0 Å². The average Bonchev–Trinajstić information content (AvgIpc) is 3.06. The van der Waals surface area contributed by atoms with Crippen LogP contribution in [0.3, 0.4) is 0 Å². The Morgan fingerprint density at radius 2 is 1.08 bits per heavy atom. The fraction of sp³-hybridized carbons (Fsp3) is 0.750. The summed E-state index contributed by atoms with van der Waals surface area (Å²) < 4.78 is 33.7. The van der Waals surface area contributed by atoms with Gasteiger partial charge in [-0.2, -0.15) is 0 Å². The van der Waals surface area contributed by atoms with Gasteiger partial charge in [-0.3, -0.25) is 14.2 Å². The van der Waals surface area contributed by atoms with Crippen molar-refractivity contribution in [3.63, 3.8) is 0 Å². The molecule has 0 radical (unpaired) electrons. The zero-order chi connectivity index (χ0) is 37.2. The molecule has 0 heterocycles. The molecule has 0 fully saturated rings. The van der Waals surface area contributed by atoms with Gasteiger partial charge in [0.15, 0.2) is 6.10 Å². The molecule has 0 aromatic carbocycles. The molecule has 0 spiro atoms. The molecular weight excluding hydrogens is 653 g/mol. The van der Waals surface area contributed by atoms with Crippen molar-refractivity contribution in [1.82, 2.24) is 0 Å². The topological polar surface area (TPSA) is 111 Å². The van der Waals surface area contributed by atoms with Gasteiger partial charge in [0, 0.05) is 12.8 Å². The Bertz CT molecular complexity index is 1000. The van der Waals surface area contributed by atoms with Crippen LogP contribution < -0.4 is 4.89 Å². The number of unbranched alkanes of at least 4 members (excludes halogenated alkanes) is 12. The number of rotatable bonds is 34. The van der Waals surface area contributed by atoms with Gasteiger partial charge < -0.3 is 27.9 Å². The number of esters is 2. The second-order valence-corrected chi connectivity index (χ2v) is 15.3. The summed E-state index contributed by atoms with van der Waals surface area (Å²) in [4.78, 5) is 37.3. The maximum atomic E-state index is 12.6. The molecule has 9 nitrogen and oxygen atoms in total. The number of ether oxygens (including phenoxy) is 2. The standard InChI is InChI=1S/C40H72NO8P/c1-6-8-10-12-14-16-18-20-22-24-26-28-30-32-39(42)46-36-38(37-48-50(44,45)47-35-34-41(3,4)5)49-40(43)33-31-29-27-25-23-21-19-17-15-13-11-9-7-2/h10-13,16-19,38H,6-9,14-15,20-37H2,1-5H3/b12-10-,13-11-,18-16-,19-17-. The Kier molecular flexibility index (Phi) is 31.5. The van der Waals surface area contributed by atoms with E-state index in [0.717, 1.165) is 89.9 Å². The molecule has 0 N–H and O–H groups in total. The van der Waals surface area contributed by atoms with E-state index in [2.05, 4.69) is 62.5 Å². The first kappa shape index (κ1) is 48.0. The maximum Gasteiger partial charge on any atom is 0.306 e. The molecule has 290 valence electrons. The van der Waals surface area contributed by atoms with Gasteiger partial charge in [0.05, 0.1) is 27.7 Å². The average molecular weight is 726 g/mol. The predicted octanol–water partition coefficient (Wildman–Crippen LogP) is 9.72. The highest BCUT2D eigenvalue weighted by Gasteiger charge is 2.21. The Balaban J connectivity index is 4.49. The second kappa shape index (κ2) is 32.8. The van der Waals surface area contributed by atoms with Crippen molar-refractivity contribution in [2.75, 3.05) is 47.5 Å². The number of hydrogen-bond donors (Lipinski definition) is 0. The van der Waals surface area contributed by atoms with Crippen molar-refractivity contribution < 1.29 is 42.1 Å². The van der Waals surface area contributed by atoms with Crippen molar-refractivity contribution in [1.29, 1.82) is 0 Å². The van der Waals surface area contributed by atoms with Gasteiger partial charge >= 0.3 is 11.9 Å². The first-order chi connectivity index (χ1) is 24.0. The molecule has 0 aliphatic rings. The molecule has 0 aliphatic carbocycles. The minimum atomic E-state index is -4.63. The lowest BCUT2D eigenvalue weighted by Gasteiger charge is -2.28. The van der Waals surface area contributed by atoms with Gasteiger partial charge in [0.1, 0.15) is 19.8 Å². The van der Waals surface area contributed by atoms with Crippen LogP contribution in [-0.2, 0) is 32.7 Å². The van der Waals surface area contributed by atoms with Gasteiger partial charge in [-0.25, -0.2) is 0 Å². The highest BCUT2D eigenvalue weighted by atomic mass is 31.2. The third-order valence-corrected chi connectivity index (χ3v) is 8.75. The number of carbonyl (C=O) groups excluding carboxylic acids is 2. The third-order valence-electron chi connectivity index (χ3n) is 7.78. The van der Waals surface area contributed by atoms with Crippen molar-refractivity contribution in [3.05, 3.63) is 48.6 Å². The van der Waals surface area contributed by atoms with Gasteiger partial charge in [-0.1, -0.05) is 114 Å². The van der Waals surface area contributed by atoms with Crippen LogP contribution >= 0.6 is 7.82 Å². The second-order valence-electron chi connectivity index (χ2n) is 13.9. The summed E-state index contributed by atoms with van der Waals surface area (Å²) in [6.45, 7) is 4.03. The Hall–Kier alpha value is -2.03. The molecule has 0 saturated heterocycles. The summed E-state index contributed by atoms with van der Waals surface area (Å²) in [5, 5.41) is 0. The van der Waals surface area contributed by atoms with Crippen molar-refractivity contribution in [2.45, 2.75) is 148 Å². The number of likely N-dealkylation sites (N-methyl/N-ethyl adjacent to an activating group) is 1. The fourth-order valence-corrected chi connectivity index (χ4v) is 5.46. The molecule has 0 aliphatic heterocycles. The van der Waals surface area contributed by atoms with Gasteiger partial charge in [-0.15, -0.1) is 0 Å². The van der Waals surface area contributed by atoms with E-state index in [4.69, 9.17) is 18.5 Å². The van der Waals surface area contributed by atoms with E-state index in [1.54, 1.807) is 0 Å². The van der Waals surface area contributed by atoms with E-state index in [9.17, 15) is 19.0 Å². The highest BCUT2D eigenvalue weighted by Crippen LogP contribution is 2.38. The molecule has 0 rings (SSSR count). The fourth-order valence-electron chi connectivity index (χ4n) is 4.73. The minimum Gasteiger partial charge on any atom is -0.756 e. The Morgan fingerprint density at radius 3 is 1.58 bits per heavy atom. The van der Waals surface area contributed by atoms with E-state index in [0.29, 0.717) is 23.9 Å². The van der Waals surface area contributed by atoms with E-state index in [-0.39, 0.29) is 26.1 Å². The summed E-state index contributed by atoms with van der Waals surface area (Å²) in [7, 11) is 1.14. The quantitative estimate of drug-likeness (QED) is 0.0212. The molecular formula is C40H72NO8P. The van der Waals surface area contributed by atoms with Gasteiger partial charge in [0.25, 0.3) is 7.82 Å². The molecule has 0 amide bonds. The summed E-state index contributed by atoms with van der Waals surface area (Å²) in [5.74, 6) is -0.874. The predicted molar refractivity (Wildman–Crippen MR) is 203 cm³/mol. The largest absolute Gasteiger partial charge is 0.756 e. The monoisotopic (exact) mass is 725 g/mol. The van der Waals surface area contributed by atoms with Crippen LogP contribution in [0.1, 0.15) is 142 Å². The Labute approximate surface area is 305 Å². The van der Waals surface area contributed by atoms with Crippen molar-refractivity contribution >= 4 is 19.8 Å². The molecule has 50 heavy (non-hydrogen) atoms. The van der Waals surface area contributed by atoms with E-state index < -0.39 is 32.5 Å². The van der Waals surface area contributed by atoms with Crippen LogP contribution in [0.4, 0.5) is 0 Å². The molecule has 0 aromatic heterocycles. The molecule has 0 saturated carbocycles. The molecule has 0 aromatic rings. The van der Waals surface area contributed by atoms with Crippen LogP contribution in [0, 0.1) is 0 Å². The molecule has 2 atom stereocenters. The number of hydrogen-bond acceptors (Lipinski definition) is 8. The van der Waals surface area contributed by atoms with E-state index in [1.807, 2.05) is 21.1 Å². The van der Waals surface area contributed by atoms with Crippen LogP contribution in [0.5, 0.6) is 0 Å².